The van der Waals surface area contributed by atoms with Crippen LogP contribution in [0.2, 0.25) is 0 Å². The number of hydrogen-bond donors (Lipinski definition) is 4. The molecule has 0 heterocycles. The number of aromatic hydroxyl groups is 1. The number of phenols is 1. The van der Waals surface area contributed by atoms with E-state index in [2.05, 4.69) is 20.1 Å². The lowest BCUT2D eigenvalue weighted by molar-refractivity contribution is -0.902. The summed E-state index contributed by atoms with van der Waals surface area (Å²) in [5.41, 5.74) is 5.92. The van der Waals surface area contributed by atoms with Crippen LogP contribution in [-0.2, 0) is 25.0 Å². The lowest BCUT2D eigenvalue weighted by Crippen LogP contribution is -2.42. The van der Waals surface area contributed by atoms with Gasteiger partial charge in [-0.25, -0.2) is 9.59 Å². The van der Waals surface area contributed by atoms with Crippen molar-refractivity contribution >= 4 is 31.3 Å². The standard InChI is InChI=1S/C35H37N4O9P/c1-39(2,3)32(21-48-49(44,45)46)23-13-15-24(16-14-23)37-38-30-18-22(12-17-33(30)40)19-31(34(41)42)36-35(43)47-20-29-27-10-6-4-8-25(27)26-9-5-7-11-28(26)29/h4-18,29,31-32H,19-21H2,1-3H3,(H4-,36,37,40,41,42,43,44,45,46)/t31?,32-/m1/s1. The predicted molar refractivity (Wildman–Crippen MR) is 179 cm³/mol. The molecular formula is C35H37N4O9P. The Labute approximate surface area is 283 Å². The van der Waals surface area contributed by atoms with E-state index in [-0.39, 0.29) is 37.0 Å². The van der Waals surface area contributed by atoms with E-state index in [1.54, 1.807) is 24.3 Å². The number of amides is 1. The summed E-state index contributed by atoms with van der Waals surface area (Å²) in [6, 6.07) is 25.2. The average Bonchev–Trinajstić information content (AvgIpc) is 3.36. The summed E-state index contributed by atoms with van der Waals surface area (Å²) in [7, 11) is 0.663. The number of nitrogens with zero attached hydrogens (tertiary/aromatic N) is 3. The zero-order valence-electron chi connectivity index (χ0n) is 27.1. The zero-order valence-corrected chi connectivity index (χ0v) is 28.0. The van der Waals surface area contributed by atoms with Gasteiger partial charge in [0.2, 0.25) is 0 Å². The highest BCUT2D eigenvalue weighted by Crippen LogP contribution is 2.44. The van der Waals surface area contributed by atoms with E-state index in [1.807, 2.05) is 69.7 Å². The maximum atomic E-state index is 12.8. The monoisotopic (exact) mass is 688 g/mol. The molecule has 0 radical (unpaired) electrons. The van der Waals surface area contributed by atoms with E-state index in [9.17, 15) is 29.3 Å². The highest BCUT2D eigenvalue weighted by Gasteiger charge is 2.30. The van der Waals surface area contributed by atoms with Gasteiger partial charge in [-0.05, 0) is 52.1 Å². The number of carboxylic acid groups (broad SMARTS) is 1. The fourth-order valence-corrected chi connectivity index (χ4v) is 6.13. The number of fused-ring (bicyclic) bond motifs is 3. The number of alkyl carbamates (subject to hydrolysis) is 1. The number of azo groups is 1. The molecule has 0 aliphatic heterocycles. The van der Waals surface area contributed by atoms with Gasteiger partial charge in [-0.15, -0.1) is 5.11 Å². The Kier molecular flexibility index (Phi) is 10.6. The largest absolute Gasteiger partial charge is 0.756 e. The Hall–Kier alpha value is -4.91. The fraction of sp³-hybridized carbons (Fsp3) is 0.257. The van der Waals surface area contributed by atoms with Gasteiger partial charge in [-0.3, -0.25) is 4.57 Å². The van der Waals surface area contributed by atoms with E-state index < -0.39 is 32.0 Å². The van der Waals surface area contributed by atoms with E-state index in [0.29, 0.717) is 15.7 Å². The smallest absolute Gasteiger partial charge is 0.407 e. The Bertz CT molecular complexity index is 1860. The van der Waals surface area contributed by atoms with Crippen molar-refractivity contribution in [3.05, 3.63) is 113 Å². The number of phosphoric acid groups is 1. The molecule has 1 aliphatic carbocycles. The number of quaternary nitrogens is 1. The lowest BCUT2D eigenvalue weighted by Gasteiger charge is -2.35. The van der Waals surface area contributed by atoms with Crippen molar-refractivity contribution in [1.82, 2.24) is 5.32 Å². The van der Waals surface area contributed by atoms with Crippen molar-refractivity contribution in [3.8, 4) is 16.9 Å². The van der Waals surface area contributed by atoms with Crippen LogP contribution < -0.4 is 10.2 Å². The van der Waals surface area contributed by atoms with Gasteiger partial charge in [0.25, 0.3) is 7.82 Å². The van der Waals surface area contributed by atoms with Gasteiger partial charge < -0.3 is 39.1 Å². The minimum absolute atomic E-state index is 0.0333. The quantitative estimate of drug-likeness (QED) is 0.0791. The number of carbonyl (C=O) groups excluding carboxylic acids is 1. The molecule has 0 fully saturated rings. The second-order valence-electron chi connectivity index (χ2n) is 12.6. The molecule has 0 saturated carbocycles. The number of ether oxygens (including phenoxy) is 1. The number of rotatable bonds is 13. The normalized spacial score (nSPS) is 15.2. The van der Waals surface area contributed by atoms with Crippen LogP contribution in [0.5, 0.6) is 5.75 Å². The number of benzene rings is 4. The molecule has 0 saturated heterocycles. The Morgan fingerprint density at radius 1 is 0.939 bits per heavy atom. The van der Waals surface area contributed by atoms with Crippen molar-refractivity contribution in [3.63, 3.8) is 0 Å². The van der Waals surface area contributed by atoms with Gasteiger partial charge in [-0.2, -0.15) is 5.11 Å². The third-order valence-corrected chi connectivity index (χ3v) is 8.77. The number of hydrogen-bond acceptors (Lipinski definition) is 9. The number of carboxylic acids is 1. The molecule has 5 rings (SSSR count). The summed E-state index contributed by atoms with van der Waals surface area (Å²) in [5, 5.41) is 31.0. The number of carbonyl (C=O) groups is 2. The maximum Gasteiger partial charge on any atom is 0.407 e. The SMILES string of the molecule is C[N+](C)(C)[C@H](COP(=O)([O-])O)c1ccc(/N=N/c2cc(CC(NC(=O)OCC3c4ccccc4-c4ccccc43)C(=O)O)ccc2O)cc1. The van der Waals surface area contributed by atoms with Crippen LogP contribution >= 0.6 is 7.82 Å². The van der Waals surface area contributed by atoms with Crippen LogP contribution in [0.4, 0.5) is 16.2 Å². The first-order chi connectivity index (χ1) is 23.2. The summed E-state index contributed by atoms with van der Waals surface area (Å²) in [5.74, 6) is -1.63. The second kappa shape index (κ2) is 14.7. The minimum atomic E-state index is -4.90. The van der Waals surface area contributed by atoms with Crippen LogP contribution in [0.25, 0.3) is 11.1 Å². The van der Waals surface area contributed by atoms with E-state index in [1.165, 1.54) is 18.2 Å². The molecule has 0 aromatic heterocycles. The lowest BCUT2D eigenvalue weighted by atomic mass is 9.98. The second-order valence-corrected chi connectivity index (χ2v) is 13.8. The minimum Gasteiger partial charge on any atom is -0.756 e. The maximum absolute atomic E-state index is 12.8. The first-order valence-electron chi connectivity index (χ1n) is 15.4. The van der Waals surface area contributed by atoms with Gasteiger partial charge in [0.1, 0.15) is 36.7 Å². The van der Waals surface area contributed by atoms with E-state index >= 15 is 0 Å². The van der Waals surface area contributed by atoms with Crippen molar-refractivity contribution in [2.45, 2.75) is 24.4 Å². The summed E-state index contributed by atoms with van der Waals surface area (Å²) in [6.45, 7) is -0.235. The molecule has 49 heavy (non-hydrogen) atoms. The molecule has 0 spiro atoms. The Morgan fingerprint density at radius 2 is 1.55 bits per heavy atom. The summed E-state index contributed by atoms with van der Waals surface area (Å²) in [6.07, 6.45) is -0.982. The molecule has 14 heteroatoms. The molecule has 2 unspecified atom stereocenters. The van der Waals surface area contributed by atoms with Gasteiger partial charge in [-0.1, -0.05) is 66.7 Å². The fourth-order valence-electron chi connectivity index (χ4n) is 5.80. The average molecular weight is 689 g/mol. The van der Waals surface area contributed by atoms with Crippen LogP contribution in [0, 0.1) is 0 Å². The molecule has 1 amide bonds. The Balaban J connectivity index is 1.22. The molecule has 1 aliphatic rings. The predicted octanol–water partition coefficient (Wildman–Crippen LogP) is 5.57. The molecule has 0 bridgehead atoms. The van der Waals surface area contributed by atoms with Crippen molar-refractivity contribution in [1.29, 1.82) is 0 Å². The summed E-state index contributed by atoms with van der Waals surface area (Å²) in [4.78, 5) is 45.1. The molecule has 256 valence electrons. The van der Waals surface area contributed by atoms with Crippen LogP contribution in [0.3, 0.4) is 0 Å². The molecule has 13 nitrogen and oxygen atoms in total. The first-order valence-corrected chi connectivity index (χ1v) is 16.9. The number of aliphatic carboxylic acids is 1. The van der Waals surface area contributed by atoms with Crippen molar-refractivity contribution in [2.24, 2.45) is 10.2 Å². The molecule has 4 aromatic rings. The van der Waals surface area contributed by atoms with E-state index in [0.717, 1.165) is 27.8 Å². The van der Waals surface area contributed by atoms with Crippen LogP contribution in [0.1, 0.15) is 34.2 Å². The number of likely N-dealkylation sites (N-methyl/N-ethyl adjacent to an activating group) is 1. The zero-order chi connectivity index (χ0) is 35.3. The van der Waals surface area contributed by atoms with Gasteiger partial charge in [0.05, 0.1) is 26.8 Å². The van der Waals surface area contributed by atoms with Gasteiger partial charge in [0.15, 0.2) is 0 Å². The van der Waals surface area contributed by atoms with E-state index in [4.69, 9.17) is 9.63 Å². The summed E-state index contributed by atoms with van der Waals surface area (Å²) < 4.78 is 21.6. The number of phosphoric ester groups is 1. The Morgan fingerprint density at radius 3 is 2.12 bits per heavy atom. The third kappa shape index (κ3) is 8.96. The molecule has 3 atom stereocenters. The third-order valence-electron chi connectivity index (χ3n) is 8.30. The van der Waals surface area contributed by atoms with Gasteiger partial charge in [0, 0.05) is 17.9 Å². The first kappa shape index (κ1) is 35.4. The van der Waals surface area contributed by atoms with Crippen molar-refractivity contribution in [2.75, 3.05) is 34.4 Å². The van der Waals surface area contributed by atoms with Gasteiger partial charge >= 0.3 is 12.1 Å². The molecule has 4 aromatic carbocycles. The van der Waals surface area contributed by atoms with Crippen LogP contribution in [0.15, 0.2) is 101 Å². The molecule has 4 N–H and O–H groups in total. The van der Waals surface area contributed by atoms with Crippen molar-refractivity contribution < 1.29 is 47.9 Å². The number of nitrogens with one attached hydrogen (secondary N) is 1. The highest BCUT2D eigenvalue weighted by atomic mass is 31.2. The topological polar surface area (TPSA) is 190 Å². The van der Waals surface area contributed by atoms with Crippen LogP contribution in [-0.4, -0.2) is 72.1 Å². The molecular weight excluding hydrogens is 651 g/mol. The highest BCUT2D eigenvalue weighted by molar-refractivity contribution is 7.44. The summed E-state index contributed by atoms with van der Waals surface area (Å²) >= 11 is 0. The number of phenolic OH excluding ortho intramolecular Hbond substituents is 1.